The highest BCUT2D eigenvalue weighted by Gasteiger charge is 2.28. The maximum absolute atomic E-state index is 11.9. The van der Waals surface area contributed by atoms with Gasteiger partial charge in [0.2, 0.25) is 0 Å². The molecular weight excluding hydrogens is 256 g/mol. The predicted molar refractivity (Wildman–Crippen MR) is 74.6 cm³/mol. The van der Waals surface area contributed by atoms with Gasteiger partial charge < -0.3 is 15.4 Å². The third-order valence-electron chi connectivity index (χ3n) is 3.94. The molecule has 0 saturated heterocycles. The molecule has 2 N–H and O–H groups in total. The minimum atomic E-state index is -0.221. The molecule has 2 atom stereocenters. The van der Waals surface area contributed by atoms with Gasteiger partial charge in [0.05, 0.1) is 30.2 Å². The van der Waals surface area contributed by atoms with Gasteiger partial charge in [-0.15, -0.1) is 0 Å². The summed E-state index contributed by atoms with van der Waals surface area (Å²) < 4.78 is 5.36. The largest absolute Gasteiger partial charge is 0.379 e. The number of hydrogen-bond acceptors (Lipinski definition) is 4. The first-order chi connectivity index (χ1) is 9.76. The summed E-state index contributed by atoms with van der Waals surface area (Å²) in [7, 11) is 1.69. The van der Waals surface area contributed by atoms with Gasteiger partial charge in [-0.25, -0.2) is 14.8 Å². The molecule has 0 aromatic carbocycles. The summed E-state index contributed by atoms with van der Waals surface area (Å²) in [5.74, 6) is 1.41. The normalized spacial score (nSPS) is 25.4. The number of aromatic nitrogens is 2. The standard InChI is InChI=1S/C14H20N4O2/c1-20-12-4-2-3-11(12)18-14(19)17-10-7-15-13(16-8-10)9-5-6-9/h7-9,11-12H,2-6H2,1H3,(H2,17,18,19). The first-order valence-corrected chi connectivity index (χ1v) is 7.18. The van der Waals surface area contributed by atoms with Crippen molar-refractivity contribution in [1.82, 2.24) is 15.3 Å². The fraction of sp³-hybridized carbons (Fsp3) is 0.643. The predicted octanol–water partition coefficient (Wildman–Crippen LogP) is 2.04. The molecule has 0 aliphatic heterocycles. The first kappa shape index (κ1) is 13.3. The third kappa shape index (κ3) is 3.07. The summed E-state index contributed by atoms with van der Waals surface area (Å²) in [6.07, 6.45) is 8.85. The summed E-state index contributed by atoms with van der Waals surface area (Å²) in [6, 6.07) is -0.131. The second kappa shape index (κ2) is 5.75. The van der Waals surface area contributed by atoms with E-state index in [1.54, 1.807) is 19.5 Å². The van der Waals surface area contributed by atoms with Crippen molar-refractivity contribution in [3.05, 3.63) is 18.2 Å². The van der Waals surface area contributed by atoms with Crippen molar-refractivity contribution < 1.29 is 9.53 Å². The second-order valence-electron chi connectivity index (χ2n) is 5.51. The summed E-state index contributed by atoms with van der Waals surface area (Å²) in [4.78, 5) is 20.5. The van der Waals surface area contributed by atoms with Gasteiger partial charge in [-0.1, -0.05) is 0 Å². The molecule has 1 aromatic heterocycles. The zero-order valence-electron chi connectivity index (χ0n) is 11.6. The maximum Gasteiger partial charge on any atom is 0.319 e. The molecule has 6 nitrogen and oxygen atoms in total. The summed E-state index contributed by atoms with van der Waals surface area (Å²) in [5, 5.41) is 5.72. The van der Waals surface area contributed by atoms with E-state index in [2.05, 4.69) is 20.6 Å². The Morgan fingerprint density at radius 1 is 1.25 bits per heavy atom. The van der Waals surface area contributed by atoms with Crippen LogP contribution in [-0.4, -0.2) is 35.3 Å². The molecule has 2 saturated carbocycles. The van der Waals surface area contributed by atoms with Gasteiger partial charge in [-0.3, -0.25) is 0 Å². The van der Waals surface area contributed by atoms with Crippen LogP contribution in [0.5, 0.6) is 0 Å². The highest BCUT2D eigenvalue weighted by molar-refractivity contribution is 5.89. The number of carbonyl (C=O) groups excluding carboxylic acids is 1. The van der Waals surface area contributed by atoms with E-state index in [0.29, 0.717) is 11.6 Å². The van der Waals surface area contributed by atoms with E-state index in [1.807, 2.05) is 0 Å². The summed E-state index contributed by atoms with van der Waals surface area (Å²) >= 11 is 0. The third-order valence-corrected chi connectivity index (χ3v) is 3.94. The Hall–Kier alpha value is -1.69. The molecule has 0 spiro atoms. The van der Waals surface area contributed by atoms with Crippen LogP contribution in [-0.2, 0) is 4.74 Å². The van der Waals surface area contributed by atoms with Crippen LogP contribution in [0.1, 0.15) is 43.8 Å². The molecule has 2 aliphatic rings. The number of urea groups is 1. The fourth-order valence-electron chi connectivity index (χ4n) is 2.66. The number of methoxy groups -OCH3 is 1. The van der Waals surface area contributed by atoms with Crippen LogP contribution >= 0.6 is 0 Å². The minimum Gasteiger partial charge on any atom is -0.379 e. The first-order valence-electron chi connectivity index (χ1n) is 7.18. The Balaban J connectivity index is 1.52. The molecule has 3 rings (SSSR count). The van der Waals surface area contributed by atoms with Gasteiger partial charge in [0.1, 0.15) is 5.82 Å². The van der Waals surface area contributed by atoms with Crippen LogP contribution in [0.2, 0.25) is 0 Å². The molecule has 2 amide bonds. The zero-order valence-corrected chi connectivity index (χ0v) is 11.6. The van der Waals surface area contributed by atoms with Gasteiger partial charge in [-0.05, 0) is 32.1 Å². The van der Waals surface area contributed by atoms with Gasteiger partial charge >= 0.3 is 6.03 Å². The quantitative estimate of drug-likeness (QED) is 0.882. The van der Waals surface area contributed by atoms with Gasteiger partial charge in [-0.2, -0.15) is 0 Å². The van der Waals surface area contributed by atoms with Crippen LogP contribution in [0.3, 0.4) is 0 Å². The lowest BCUT2D eigenvalue weighted by Crippen LogP contribution is -2.42. The Morgan fingerprint density at radius 2 is 2.00 bits per heavy atom. The zero-order chi connectivity index (χ0) is 13.9. The van der Waals surface area contributed by atoms with Crippen LogP contribution < -0.4 is 10.6 Å². The molecule has 2 unspecified atom stereocenters. The Morgan fingerprint density at radius 3 is 2.65 bits per heavy atom. The summed E-state index contributed by atoms with van der Waals surface area (Å²) in [6.45, 7) is 0. The number of nitrogens with zero attached hydrogens (tertiary/aromatic N) is 2. The highest BCUT2D eigenvalue weighted by atomic mass is 16.5. The molecular formula is C14H20N4O2. The van der Waals surface area contributed by atoms with Crippen molar-refractivity contribution in [1.29, 1.82) is 0 Å². The lowest BCUT2D eigenvalue weighted by molar-refractivity contribution is 0.0882. The smallest absolute Gasteiger partial charge is 0.319 e. The molecule has 1 aromatic rings. The maximum atomic E-state index is 11.9. The lowest BCUT2D eigenvalue weighted by atomic mass is 10.2. The lowest BCUT2D eigenvalue weighted by Gasteiger charge is -2.19. The van der Waals surface area contributed by atoms with Crippen LogP contribution in [0.25, 0.3) is 0 Å². The molecule has 2 aliphatic carbocycles. The number of anilines is 1. The number of nitrogens with one attached hydrogen (secondary N) is 2. The van der Waals surface area contributed by atoms with Crippen molar-refractivity contribution in [2.45, 2.75) is 50.2 Å². The van der Waals surface area contributed by atoms with E-state index in [9.17, 15) is 4.79 Å². The van der Waals surface area contributed by atoms with E-state index in [-0.39, 0.29) is 18.2 Å². The molecule has 2 fully saturated rings. The van der Waals surface area contributed by atoms with E-state index in [0.717, 1.165) is 25.1 Å². The average molecular weight is 276 g/mol. The SMILES string of the molecule is COC1CCCC1NC(=O)Nc1cnc(C2CC2)nc1. The molecule has 0 bridgehead atoms. The van der Waals surface area contributed by atoms with E-state index >= 15 is 0 Å². The number of amides is 2. The topological polar surface area (TPSA) is 76.1 Å². The van der Waals surface area contributed by atoms with Crippen molar-refractivity contribution in [2.24, 2.45) is 0 Å². The number of carbonyl (C=O) groups is 1. The van der Waals surface area contributed by atoms with Crippen molar-refractivity contribution in [3.63, 3.8) is 0 Å². The molecule has 20 heavy (non-hydrogen) atoms. The molecule has 0 radical (unpaired) electrons. The van der Waals surface area contributed by atoms with Gasteiger partial charge in [0, 0.05) is 13.0 Å². The highest BCUT2D eigenvalue weighted by Crippen LogP contribution is 2.37. The number of rotatable bonds is 4. The van der Waals surface area contributed by atoms with Crippen LogP contribution in [0.4, 0.5) is 10.5 Å². The molecule has 108 valence electrons. The van der Waals surface area contributed by atoms with Crippen LogP contribution in [0.15, 0.2) is 12.4 Å². The fourth-order valence-corrected chi connectivity index (χ4v) is 2.66. The Labute approximate surface area is 118 Å². The van der Waals surface area contributed by atoms with Crippen molar-refractivity contribution in [2.75, 3.05) is 12.4 Å². The molecule has 6 heteroatoms. The van der Waals surface area contributed by atoms with E-state index in [4.69, 9.17) is 4.74 Å². The van der Waals surface area contributed by atoms with E-state index in [1.165, 1.54) is 12.8 Å². The second-order valence-corrected chi connectivity index (χ2v) is 5.51. The van der Waals surface area contributed by atoms with Gasteiger partial charge in [0.15, 0.2) is 0 Å². The van der Waals surface area contributed by atoms with Gasteiger partial charge in [0.25, 0.3) is 0 Å². The minimum absolute atomic E-state index is 0.0895. The Bertz CT molecular complexity index is 473. The number of hydrogen-bond donors (Lipinski definition) is 2. The Kier molecular flexibility index (Phi) is 3.82. The summed E-state index contributed by atoms with van der Waals surface area (Å²) in [5.41, 5.74) is 0.624. The number of ether oxygens (including phenoxy) is 1. The van der Waals surface area contributed by atoms with Crippen molar-refractivity contribution in [3.8, 4) is 0 Å². The van der Waals surface area contributed by atoms with E-state index < -0.39 is 0 Å². The monoisotopic (exact) mass is 276 g/mol. The van der Waals surface area contributed by atoms with Crippen molar-refractivity contribution >= 4 is 11.7 Å². The molecule has 1 heterocycles. The van der Waals surface area contributed by atoms with Crippen LogP contribution in [0, 0.1) is 0 Å². The average Bonchev–Trinajstić information content (AvgIpc) is 3.20.